The van der Waals surface area contributed by atoms with E-state index in [-0.39, 0.29) is 16.6 Å². The van der Waals surface area contributed by atoms with Gasteiger partial charge in [-0.3, -0.25) is 0 Å². The third-order valence-electron chi connectivity index (χ3n) is 4.61. The lowest BCUT2D eigenvalue weighted by atomic mass is 9.87. The zero-order valence-electron chi connectivity index (χ0n) is 13.3. The highest BCUT2D eigenvalue weighted by atomic mass is 32.2. The molecule has 0 saturated heterocycles. The van der Waals surface area contributed by atoms with Crippen LogP contribution in [0.1, 0.15) is 50.0 Å². The number of carbonyl (C=O) groups is 1. The minimum absolute atomic E-state index is 0.000505. The minimum atomic E-state index is -3.65. The first kappa shape index (κ1) is 17.0. The summed E-state index contributed by atoms with van der Waals surface area (Å²) < 4.78 is 28.3. The summed E-state index contributed by atoms with van der Waals surface area (Å²) in [5.41, 5.74) is 0.00624. The van der Waals surface area contributed by atoms with Gasteiger partial charge in [-0.25, -0.2) is 13.2 Å². The van der Waals surface area contributed by atoms with Crippen LogP contribution in [0.15, 0.2) is 17.2 Å². The van der Waals surface area contributed by atoms with Crippen LogP contribution in [0.25, 0.3) is 0 Å². The van der Waals surface area contributed by atoms with Crippen molar-refractivity contribution < 1.29 is 18.3 Å². The fourth-order valence-electron chi connectivity index (χ4n) is 3.03. The van der Waals surface area contributed by atoms with Crippen molar-refractivity contribution in [3.8, 4) is 0 Å². The summed E-state index contributed by atoms with van der Waals surface area (Å²) in [5.74, 6) is -0.468. The molecule has 1 fully saturated rings. The van der Waals surface area contributed by atoms with Gasteiger partial charge < -0.3 is 9.67 Å². The van der Waals surface area contributed by atoms with Crippen LogP contribution in [0.4, 0.5) is 0 Å². The third-order valence-corrected chi connectivity index (χ3v) is 6.48. The Morgan fingerprint density at radius 1 is 1.36 bits per heavy atom. The van der Waals surface area contributed by atoms with Crippen LogP contribution in [-0.4, -0.2) is 41.5 Å². The molecule has 0 aromatic carbocycles. The lowest BCUT2D eigenvalue weighted by molar-refractivity contribution is 0.0685. The average molecular weight is 328 g/mol. The fraction of sp³-hybridized carbons (Fsp3) is 0.667. The Labute approximate surface area is 131 Å². The Kier molecular flexibility index (Phi) is 4.97. The molecule has 124 valence electrons. The summed E-state index contributed by atoms with van der Waals surface area (Å²) >= 11 is 0. The van der Waals surface area contributed by atoms with Gasteiger partial charge in [0.2, 0.25) is 10.0 Å². The molecule has 1 heterocycles. The van der Waals surface area contributed by atoms with Crippen molar-refractivity contribution in [1.82, 2.24) is 8.87 Å². The molecular formula is C15H24N2O4S. The topological polar surface area (TPSA) is 79.6 Å². The molecule has 1 aromatic heterocycles. The van der Waals surface area contributed by atoms with Crippen LogP contribution >= 0.6 is 0 Å². The first-order chi connectivity index (χ1) is 10.3. The van der Waals surface area contributed by atoms with Crippen molar-refractivity contribution in [2.45, 2.75) is 57.0 Å². The van der Waals surface area contributed by atoms with Gasteiger partial charge in [-0.1, -0.05) is 6.92 Å². The van der Waals surface area contributed by atoms with E-state index in [2.05, 4.69) is 6.92 Å². The number of hydrogen-bond donors (Lipinski definition) is 1. The second-order valence-corrected chi connectivity index (χ2v) is 8.08. The van der Waals surface area contributed by atoms with Crippen molar-refractivity contribution in [1.29, 1.82) is 0 Å². The molecule has 1 aliphatic carbocycles. The highest BCUT2D eigenvalue weighted by Crippen LogP contribution is 2.30. The van der Waals surface area contributed by atoms with Crippen LogP contribution in [-0.2, 0) is 16.6 Å². The fourth-order valence-corrected chi connectivity index (χ4v) is 4.49. The van der Waals surface area contributed by atoms with E-state index in [9.17, 15) is 13.2 Å². The molecule has 22 heavy (non-hydrogen) atoms. The van der Waals surface area contributed by atoms with Crippen molar-refractivity contribution in [3.05, 3.63) is 18.0 Å². The van der Waals surface area contributed by atoms with Crippen molar-refractivity contribution in [3.63, 3.8) is 0 Å². The standard InChI is InChI=1S/C15H24N2O4S/c1-4-17-10-13(9-14(17)15(18)19)22(20,21)16(3)12-7-5-11(2)6-8-12/h9-12H,4-8H2,1-3H3,(H,18,19). The number of sulfonamides is 1. The lowest BCUT2D eigenvalue weighted by Crippen LogP contribution is -2.39. The zero-order valence-corrected chi connectivity index (χ0v) is 14.1. The van der Waals surface area contributed by atoms with Gasteiger partial charge in [0.05, 0.1) is 0 Å². The maximum Gasteiger partial charge on any atom is 0.352 e. The summed E-state index contributed by atoms with van der Waals surface area (Å²) in [6, 6.07) is 1.25. The van der Waals surface area contributed by atoms with E-state index in [0.717, 1.165) is 25.7 Å². The van der Waals surface area contributed by atoms with Gasteiger partial charge in [0.25, 0.3) is 0 Å². The second kappa shape index (κ2) is 6.42. The monoisotopic (exact) mass is 328 g/mol. The zero-order chi connectivity index (χ0) is 16.5. The molecule has 0 aliphatic heterocycles. The highest BCUT2D eigenvalue weighted by Gasteiger charge is 2.32. The molecule has 0 atom stereocenters. The Balaban J connectivity index is 2.28. The molecule has 1 aromatic rings. The Hall–Kier alpha value is -1.34. The summed E-state index contributed by atoms with van der Waals surface area (Å²) in [7, 11) is -2.06. The maximum atomic E-state index is 12.7. The van der Waals surface area contributed by atoms with Crippen LogP contribution < -0.4 is 0 Å². The SMILES string of the molecule is CCn1cc(S(=O)(=O)N(C)C2CCC(C)CC2)cc1C(=O)O. The van der Waals surface area contributed by atoms with Gasteiger partial charge in [0.15, 0.2) is 0 Å². The Bertz CT molecular complexity index is 642. The number of aromatic carboxylic acids is 1. The van der Waals surface area contributed by atoms with E-state index in [0.29, 0.717) is 12.5 Å². The quantitative estimate of drug-likeness (QED) is 0.900. The Morgan fingerprint density at radius 3 is 2.41 bits per heavy atom. The van der Waals surface area contributed by atoms with Crippen LogP contribution in [0.5, 0.6) is 0 Å². The van der Waals surface area contributed by atoms with Crippen LogP contribution in [0.3, 0.4) is 0 Å². The Morgan fingerprint density at radius 2 is 1.95 bits per heavy atom. The molecule has 0 spiro atoms. The number of hydrogen-bond acceptors (Lipinski definition) is 3. The van der Waals surface area contributed by atoms with Crippen LogP contribution in [0, 0.1) is 5.92 Å². The van der Waals surface area contributed by atoms with Gasteiger partial charge in [-0.15, -0.1) is 0 Å². The van der Waals surface area contributed by atoms with Gasteiger partial charge in [0.1, 0.15) is 10.6 Å². The number of carboxylic acid groups (broad SMARTS) is 1. The first-order valence-corrected chi connectivity index (χ1v) is 9.12. The summed E-state index contributed by atoms with van der Waals surface area (Å²) in [5, 5.41) is 9.16. The number of aryl methyl sites for hydroxylation is 1. The van der Waals surface area contributed by atoms with E-state index in [1.807, 2.05) is 0 Å². The molecule has 2 rings (SSSR count). The smallest absolute Gasteiger partial charge is 0.352 e. The molecule has 0 unspecified atom stereocenters. The molecular weight excluding hydrogens is 304 g/mol. The van der Waals surface area contributed by atoms with Crippen molar-refractivity contribution >= 4 is 16.0 Å². The van der Waals surface area contributed by atoms with E-state index >= 15 is 0 Å². The average Bonchev–Trinajstić information content (AvgIpc) is 2.92. The lowest BCUT2D eigenvalue weighted by Gasteiger charge is -2.32. The molecule has 1 N–H and O–H groups in total. The van der Waals surface area contributed by atoms with Crippen molar-refractivity contribution in [2.24, 2.45) is 5.92 Å². The molecule has 6 nitrogen and oxygen atoms in total. The van der Waals surface area contributed by atoms with Gasteiger partial charge in [-0.2, -0.15) is 4.31 Å². The number of carboxylic acids is 1. The third kappa shape index (κ3) is 3.20. The second-order valence-electron chi connectivity index (χ2n) is 6.09. The van der Waals surface area contributed by atoms with E-state index < -0.39 is 16.0 Å². The first-order valence-electron chi connectivity index (χ1n) is 7.68. The van der Waals surface area contributed by atoms with Crippen LogP contribution in [0.2, 0.25) is 0 Å². The number of aromatic nitrogens is 1. The summed E-state index contributed by atoms with van der Waals surface area (Å²) in [6.07, 6.45) is 5.19. The predicted molar refractivity (Wildman–Crippen MR) is 83.4 cm³/mol. The normalized spacial score (nSPS) is 22.9. The molecule has 0 amide bonds. The summed E-state index contributed by atoms with van der Waals surface area (Å²) in [4.78, 5) is 11.3. The van der Waals surface area contributed by atoms with Gasteiger partial charge in [0, 0.05) is 25.8 Å². The largest absolute Gasteiger partial charge is 0.477 e. The van der Waals surface area contributed by atoms with E-state index in [1.165, 1.54) is 21.1 Å². The van der Waals surface area contributed by atoms with Gasteiger partial charge >= 0.3 is 5.97 Å². The molecule has 1 aliphatic rings. The molecule has 0 bridgehead atoms. The van der Waals surface area contributed by atoms with Gasteiger partial charge in [-0.05, 0) is 44.6 Å². The summed E-state index contributed by atoms with van der Waals surface area (Å²) in [6.45, 7) is 4.39. The molecule has 0 radical (unpaired) electrons. The number of rotatable bonds is 5. The van der Waals surface area contributed by atoms with E-state index in [1.54, 1.807) is 14.0 Å². The molecule has 1 saturated carbocycles. The van der Waals surface area contributed by atoms with Crippen molar-refractivity contribution in [2.75, 3.05) is 7.05 Å². The molecule has 7 heteroatoms. The maximum absolute atomic E-state index is 12.7. The predicted octanol–water partition coefficient (Wildman–Crippen LogP) is 2.41. The van der Waals surface area contributed by atoms with E-state index in [4.69, 9.17) is 5.11 Å². The minimum Gasteiger partial charge on any atom is -0.477 e. The highest BCUT2D eigenvalue weighted by molar-refractivity contribution is 7.89. The number of nitrogens with zero attached hydrogens (tertiary/aromatic N) is 2.